The molecule has 1 saturated heterocycles. The van der Waals surface area contributed by atoms with E-state index in [0.29, 0.717) is 36.6 Å². The third-order valence-corrected chi connectivity index (χ3v) is 4.67. The summed E-state index contributed by atoms with van der Waals surface area (Å²) >= 11 is 5.87. The Labute approximate surface area is 164 Å². The van der Waals surface area contributed by atoms with Crippen LogP contribution < -0.4 is 5.32 Å². The quantitative estimate of drug-likeness (QED) is 0.814. The van der Waals surface area contributed by atoms with Gasteiger partial charge in [-0.25, -0.2) is 9.97 Å². The van der Waals surface area contributed by atoms with Crippen molar-refractivity contribution in [3.05, 3.63) is 46.7 Å². The fourth-order valence-electron chi connectivity index (χ4n) is 2.97. The fourth-order valence-corrected chi connectivity index (χ4v) is 3.17. The van der Waals surface area contributed by atoms with Crippen LogP contribution in [0.5, 0.6) is 0 Å². The number of anilines is 2. The Morgan fingerprint density at radius 2 is 2.04 bits per heavy atom. The second-order valence-corrected chi connectivity index (χ2v) is 6.75. The third-order valence-electron chi connectivity index (χ3n) is 4.43. The van der Waals surface area contributed by atoms with Crippen molar-refractivity contribution < 1.29 is 22.7 Å². The maximum atomic E-state index is 13.5. The normalized spacial score (nSPS) is 15.5. The Morgan fingerprint density at radius 3 is 2.64 bits per heavy atom. The third kappa shape index (κ3) is 4.71. The second-order valence-electron chi connectivity index (χ2n) is 6.32. The molecule has 1 N–H and O–H groups in total. The van der Waals surface area contributed by atoms with Gasteiger partial charge in [0.2, 0.25) is 5.95 Å². The van der Waals surface area contributed by atoms with Crippen molar-refractivity contribution >= 4 is 29.1 Å². The van der Waals surface area contributed by atoms with Gasteiger partial charge in [0.1, 0.15) is 0 Å². The van der Waals surface area contributed by atoms with Gasteiger partial charge in [-0.1, -0.05) is 17.7 Å². The maximum absolute atomic E-state index is 13.5. The summed E-state index contributed by atoms with van der Waals surface area (Å²) in [4.78, 5) is 21.5. The molecule has 3 rings (SSSR count). The summed E-state index contributed by atoms with van der Waals surface area (Å²) in [5.41, 5.74) is -1.41. The number of methoxy groups -OCH3 is 1. The molecule has 0 aliphatic carbocycles. The summed E-state index contributed by atoms with van der Waals surface area (Å²) in [6.45, 7) is 0.633. The largest absolute Gasteiger partial charge is 0.434 e. The lowest BCUT2D eigenvalue weighted by atomic mass is 10.1. The van der Waals surface area contributed by atoms with Gasteiger partial charge in [-0.15, -0.1) is 0 Å². The minimum Gasteiger partial charge on any atom is -0.381 e. The van der Waals surface area contributed by atoms with E-state index in [9.17, 15) is 18.0 Å². The van der Waals surface area contributed by atoms with Gasteiger partial charge in [0.05, 0.1) is 11.7 Å². The number of nitrogens with one attached hydrogen (secondary N) is 1. The lowest BCUT2D eigenvalue weighted by molar-refractivity contribution is -0.141. The molecule has 1 aromatic heterocycles. The van der Waals surface area contributed by atoms with E-state index in [1.165, 1.54) is 11.0 Å². The van der Waals surface area contributed by atoms with Gasteiger partial charge in [-0.05, 0) is 31.0 Å². The van der Waals surface area contributed by atoms with E-state index in [0.717, 1.165) is 6.20 Å². The minimum atomic E-state index is -4.80. The first kappa shape index (κ1) is 20.3. The van der Waals surface area contributed by atoms with Crippen molar-refractivity contribution in [3.8, 4) is 0 Å². The van der Waals surface area contributed by atoms with Crippen molar-refractivity contribution in [1.82, 2.24) is 14.9 Å². The van der Waals surface area contributed by atoms with Crippen molar-refractivity contribution in [2.24, 2.45) is 0 Å². The van der Waals surface area contributed by atoms with E-state index in [-0.39, 0.29) is 12.1 Å². The number of piperidine rings is 1. The Hall–Kier alpha value is -2.39. The first-order valence-electron chi connectivity index (χ1n) is 8.57. The number of amides is 1. The first-order valence-corrected chi connectivity index (χ1v) is 8.94. The highest BCUT2D eigenvalue weighted by Crippen LogP contribution is 2.32. The van der Waals surface area contributed by atoms with Crippen LogP contribution in [-0.2, 0) is 10.9 Å². The number of alkyl halides is 3. The van der Waals surface area contributed by atoms with Gasteiger partial charge < -0.3 is 15.0 Å². The molecule has 28 heavy (non-hydrogen) atoms. The number of halogens is 4. The Morgan fingerprint density at radius 1 is 1.32 bits per heavy atom. The Balaban J connectivity index is 1.86. The lowest BCUT2D eigenvalue weighted by Gasteiger charge is -2.31. The van der Waals surface area contributed by atoms with Crippen LogP contribution in [0.2, 0.25) is 5.02 Å². The standard InChI is InChI=1S/C18H18ClF3N4O2/c1-28-13-5-7-26(8-6-13)16(27)14-10-23-17(25-15(14)18(20,21)22)24-12-4-2-3-11(19)9-12/h2-4,9-10,13H,5-8H2,1H3,(H,23,24,25). The van der Waals surface area contributed by atoms with Gasteiger partial charge in [0.25, 0.3) is 5.91 Å². The summed E-state index contributed by atoms with van der Waals surface area (Å²) in [7, 11) is 1.57. The van der Waals surface area contributed by atoms with E-state index in [1.807, 2.05) is 0 Å². The first-order chi connectivity index (χ1) is 13.3. The zero-order valence-electron chi connectivity index (χ0n) is 15.0. The molecule has 1 amide bonds. The zero-order chi connectivity index (χ0) is 20.3. The molecule has 0 radical (unpaired) electrons. The Kier molecular flexibility index (Phi) is 6.04. The van der Waals surface area contributed by atoms with Gasteiger partial charge >= 0.3 is 6.18 Å². The number of hydrogen-bond donors (Lipinski definition) is 1. The molecule has 1 aliphatic rings. The molecule has 0 unspecified atom stereocenters. The van der Waals surface area contributed by atoms with Crippen LogP contribution in [0.15, 0.2) is 30.5 Å². The summed E-state index contributed by atoms with van der Waals surface area (Å²) in [5, 5.41) is 3.08. The maximum Gasteiger partial charge on any atom is 0.434 e. The Bertz CT molecular complexity index is 855. The molecule has 2 aromatic rings. The number of rotatable bonds is 4. The number of hydrogen-bond acceptors (Lipinski definition) is 5. The molecule has 1 aliphatic heterocycles. The highest BCUT2D eigenvalue weighted by molar-refractivity contribution is 6.30. The molecule has 150 valence electrons. The molecule has 1 fully saturated rings. The molecule has 2 heterocycles. The minimum absolute atomic E-state index is 0.00617. The fraction of sp³-hybridized carbons (Fsp3) is 0.389. The summed E-state index contributed by atoms with van der Waals surface area (Å²) in [6.07, 6.45) is -2.75. The van der Waals surface area contributed by atoms with Crippen LogP contribution in [0.3, 0.4) is 0 Å². The van der Waals surface area contributed by atoms with E-state index >= 15 is 0 Å². The summed E-state index contributed by atoms with van der Waals surface area (Å²) < 4.78 is 45.9. The van der Waals surface area contributed by atoms with E-state index in [2.05, 4.69) is 15.3 Å². The van der Waals surface area contributed by atoms with Crippen molar-refractivity contribution in [3.63, 3.8) is 0 Å². The van der Waals surface area contributed by atoms with Crippen molar-refractivity contribution in [2.45, 2.75) is 25.1 Å². The molecule has 10 heteroatoms. The molecule has 0 atom stereocenters. The molecule has 0 saturated carbocycles. The number of ether oxygens (including phenoxy) is 1. The summed E-state index contributed by atoms with van der Waals surface area (Å²) in [5.74, 6) is -1.01. The number of nitrogens with zero attached hydrogens (tertiary/aromatic N) is 3. The lowest BCUT2D eigenvalue weighted by Crippen LogP contribution is -2.41. The molecule has 0 bridgehead atoms. The second kappa shape index (κ2) is 8.32. The topological polar surface area (TPSA) is 67.3 Å². The van der Waals surface area contributed by atoms with Crippen LogP contribution in [0.4, 0.5) is 24.8 Å². The highest BCUT2D eigenvalue weighted by atomic mass is 35.5. The zero-order valence-corrected chi connectivity index (χ0v) is 15.7. The van der Waals surface area contributed by atoms with E-state index < -0.39 is 23.3 Å². The van der Waals surface area contributed by atoms with E-state index in [4.69, 9.17) is 16.3 Å². The number of aromatic nitrogens is 2. The molecule has 6 nitrogen and oxygen atoms in total. The average molecular weight is 415 g/mol. The van der Waals surface area contributed by atoms with Gasteiger partial charge in [0, 0.05) is 37.1 Å². The van der Waals surface area contributed by atoms with E-state index in [1.54, 1.807) is 25.3 Å². The van der Waals surface area contributed by atoms with Crippen LogP contribution in [0, 0.1) is 0 Å². The SMILES string of the molecule is COC1CCN(C(=O)c2cnc(Nc3cccc(Cl)c3)nc2C(F)(F)F)CC1. The smallest absolute Gasteiger partial charge is 0.381 e. The van der Waals surface area contributed by atoms with Crippen molar-refractivity contribution in [2.75, 3.05) is 25.5 Å². The van der Waals surface area contributed by atoms with Gasteiger partial charge in [-0.3, -0.25) is 4.79 Å². The van der Waals surface area contributed by atoms with Crippen LogP contribution in [-0.4, -0.2) is 47.1 Å². The van der Waals surface area contributed by atoms with Crippen LogP contribution >= 0.6 is 11.6 Å². The number of carbonyl (C=O) groups excluding carboxylic acids is 1. The monoisotopic (exact) mass is 414 g/mol. The van der Waals surface area contributed by atoms with Crippen LogP contribution in [0.25, 0.3) is 0 Å². The average Bonchev–Trinajstić information content (AvgIpc) is 2.67. The summed E-state index contributed by atoms with van der Waals surface area (Å²) in [6, 6.07) is 6.40. The predicted molar refractivity (Wildman–Crippen MR) is 97.7 cm³/mol. The number of likely N-dealkylation sites (tertiary alicyclic amines) is 1. The number of carbonyl (C=O) groups is 1. The molecular weight excluding hydrogens is 397 g/mol. The van der Waals surface area contributed by atoms with Gasteiger partial charge in [-0.2, -0.15) is 13.2 Å². The molecular formula is C18H18ClF3N4O2. The van der Waals surface area contributed by atoms with Crippen molar-refractivity contribution in [1.29, 1.82) is 0 Å². The van der Waals surface area contributed by atoms with Gasteiger partial charge in [0.15, 0.2) is 5.69 Å². The predicted octanol–water partition coefficient (Wildman–Crippen LogP) is 4.14. The van der Waals surface area contributed by atoms with Crippen LogP contribution in [0.1, 0.15) is 28.9 Å². The number of benzene rings is 1. The molecule has 0 spiro atoms. The highest BCUT2D eigenvalue weighted by Gasteiger charge is 2.39. The molecule has 1 aromatic carbocycles.